The van der Waals surface area contributed by atoms with Crippen LogP contribution in [-0.4, -0.2) is 28.6 Å². The number of amides is 1. The molecule has 1 aliphatic rings. The van der Waals surface area contributed by atoms with Gasteiger partial charge in [-0.05, 0) is 37.8 Å². The average Bonchev–Trinajstić information content (AvgIpc) is 2.87. The lowest BCUT2D eigenvalue weighted by atomic mass is 9.96. The Morgan fingerprint density at radius 2 is 2.10 bits per heavy atom. The lowest BCUT2D eigenvalue weighted by molar-refractivity contribution is -0.142. The van der Waals surface area contributed by atoms with Gasteiger partial charge in [0.2, 0.25) is 0 Å². The van der Waals surface area contributed by atoms with Crippen LogP contribution in [0.3, 0.4) is 0 Å². The number of carboxylic acid groups (broad SMARTS) is 1. The van der Waals surface area contributed by atoms with Gasteiger partial charge in [-0.3, -0.25) is 9.59 Å². The molecule has 2 rings (SSSR count). The first-order chi connectivity index (χ1) is 9.49. The standard InChI is InChI=1S/C15H19NO4/c1-9-5-6-13(17)12(7-9)14(18)16-8-10-3-2-4-11(10)15(19)20/h5-7,10-11,17H,2-4,8H2,1H3,(H,16,18)(H,19,20). The van der Waals surface area contributed by atoms with Gasteiger partial charge in [-0.25, -0.2) is 0 Å². The van der Waals surface area contributed by atoms with Crippen molar-refractivity contribution in [2.45, 2.75) is 26.2 Å². The van der Waals surface area contributed by atoms with E-state index in [-0.39, 0.29) is 29.1 Å². The first-order valence-electron chi connectivity index (χ1n) is 6.79. The molecule has 3 N–H and O–H groups in total. The van der Waals surface area contributed by atoms with Crippen LogP contribution < -0.4 is 5.32 Å². The summed E-state index contributed by atoms with van der Waals surface area (Å²) in [6.45, 7) is 2.18. The maximum absolute atomic E-state index is 12.0. The number of carbonyl (C=O) groups is 2. The second-order valence-electron chi connectivity index (χ2n) is 5.37. The molecule has 1 fully saturated rings. The maximum atomic E-state index is 12.0. The Bertz CT molecular complexity index is 527. The van der Waals surface area contributed by atoms with Crippen molar-refractivity contribution < 1.29 is 19.8 Å². The van der Waals surface area contributed by atoms with Crippen LogP contribution in [0.4, 0.5) is 0 Å². The largest absolute Gasteiger partial charge is 0.507 e. The van der Waals surface area contributed by atoms with Gasteiger partial charge in [0.15, 0.2) is 0 Å². The van der Waals surface area contributed by atoms with Crippen LogP contribution in [-0.2, 0) is 4.79 Å². The number of hydrogen-bond acceptors (Lipinski definition) is 3. The van der Waals surface area contributed by atoms with E-state index >= 15 is 0 Å². The number of nitrogens with one attached hydrogen (secondary N) is 1. The highest BCUT2D eigenvalue weighted by Gasteiger charge is 2.33. The third kappa shape index (κ3) is 3.10. The molecule has 20 heavy (non-hydrogen) atoms. The highest BCUT2D eigenvalue weighted by atomic mass is 16.4. The zero-order chi connectivity index (χ0) is 14.7. The molecule has 1 aromatic carbocycles. The summed E-state index contributed by atoms with van der Waals surface area (Å²) in [6, 6.07) is 4.83. The van der Waals surface area contributed by atoms with Crippen molar-refractivity contribution >= 4 is 11.9 Å². The molecule has 0 radical (unpaired) electrons. The van der Waals surface area contributed by atoms with Crippen molar-refractivity contribution in [1.29, 1.82) is 0 Å². The van der Waals surface area contributed by atoms with Crippen LogP contribution in [0, 0.1) is 18.8 Å². The minimum atomic E-state index is -0.792. The van der Waals surface area contributed by atoms with Crippen molar-refractivity contribution in [1.82, 2.24) is 5.32 Å². The molecule has 0 bridgehead atoms. The number of hydrogen-bond donors (Lipinski definition) is 3. The number of benzene rings is 1. The summed E-state index contributed by atoms with van der Waals surface area (Å²) in [6.07, 6.45) is 2.37. The lowest BCUT2D eigenvalue weighted by Gasteiger charge is -2.16. The molecule has 1 amide bonds. The van der Waals surface area contributed by atoms with E-state index in [0.29, 0.717) is 13.0 Å². The van der Waals surface area contributed by atoms with Crippen molar-refractivity contribution in [3.63, 3.8) is 0 Å². The van der Waals surface area contributed by atoms with Crippen LogP contribution in [0.5, 0.6) is 5.75 Å². The quantitative estimate of drug-likeness (QED) is 0.785. The molecule has 2 unspecified atom stereocenters. The van der Waals surface area contributed by atoms with Gasteiger partial charge in [-0.15, -0.1) is 0 Å². The number of carboxylic acids is 1. The number of carbonyl (C=O) groups excluding carboxylic acids is 1. The van der Waals surface area contributed by atoms with Crippen molar-refractivity contribution in [2.75, 3.05) is 6.54 Å². The first-order valence-corrected chi connectivity index (χ1v) is 6.79. The highest BCUT2D eigenvalue weighted by molar-refractivity contribution is 5.97. The van der Waals surface area contributed by atoms with Crippen molar-refractivity contribution in [2.24, 2.45) is 11.8 Å². The number of rotatable bonds is 4. The third-order valence-electron chi connectivity index (χ3n) is 3.90. The predicted octanol–water partition coefficient (Wildman–Crippen LogP) is 1.93. The number of aliphatic carboxylic acids is 1. The second kappa shape index (κ2) is 5.94. The summed E-state index contributed by atoms with van der Waals surface area (Å²) in [5.41, 5.74) is 1.12. The molecule has 5 nitrogen and oxygen atoms in total. The van der Waals surface area contributed by atoms with Gasteiger partial charge in [0, 0.05) is 6.54 Å². The fourth-order valence-electron chi connectivity index (χ4n) is 2.76. The van der Waals surface area contributed by atoms with E-state index < -0.39 is 5.97 Å². The van der Waals surface area contributed by atoms with E-state index in [0.717, 1.165) is 18.4 Å². The van der Waals surface area contributed by atoms with E-state index in [1.165, 1.54) is 6.07 Å². The molecule has 0 saturated heterocycles. The minimum Gasteiger partial charge on any atom is -0.507 e. The fourth-order valence-corrected chi connectivity index (χ4v) is 2.76. The first kappa shape index (κ1) is 14.4. The van der Waals surface area contributed by atoms with Gasteiger partial charge >= 0.3 is 5.97 Å². The molecule has 1 aromatic rings. The Morgan fingerprint density at radius 1 is 1.35 bits per heavy atom. The normalized spacial score (nSPS) is 21.6. The monoisotopic (exact) mass is 277 g/mol. The zero-order valence-corrected chi connectivity index (χ0v) is 11.4. The minimum absolute atomic E-state index is 0.0246. The van der Waals surface area contributed by atoms with Crippen LogP contribution in [0.2, 0.25) is 0 Å². The van der Waals surface area contributed by atoms with Gasteiger partial charge in [-0.2, -0.15) is 0 Å². The summed E-state index contributed by atoms with van der Waals surface area (Å²) >= 11 is 0. The number of aromatic hydroxyl groups is 1. The van der Waals surface area contributed by atoms with Crippen LogP contribution in [0.1, 0.15) is 35.2 Å². The molecule has 0 aliphatic heterocycles. The molecule has 2 atom stereocenters. The van der Waals surface area contributed by atoms with E-state index in [9.17, 15) is 14.7 Å². The lowest BCUT2D eigenvalue weighted by Crippen LogP contribution is -2.33. The van der Waals surface area contributed by atoms with Gasteiger partial charge < -0.3 is 15.5 Å². The van der Waals surface area contributed by atoms with Gasteiger partial charge in [0.25, 0.3) is 5.91 Å². The average molecular weight is 277 g/mol. The van der Waals surface area contributed by atoms with Crippen molar-refractivity contribution in [3.05, 3.63) is 29.3 Å². The fraction of sp³-hybridized carbons (Fsp3) is 0.467. The van der Waals surface area contributed by atoms with Crippen LogP contribution in [0.15, 0.2) is 18.2 Å². The Labute approximate surface area is 117 Å². The van der Waals surface area contributed by atoms with E-state index in [1.807, 2.05) is 6.92 Å². The number of aryl methyl sites for hydroxylation is 1. The summed E-state index contributed by atoms with van der Waals surface area (Å²) < 4.78 is 0. The Balaban J connectivity index is 1.98. The van der Waals surface area contributed by atoms with E-state index in [4.69, 9.17) is 5.11 Å². The summed E-state index contributed by atoms with van der Waals surface area (Å²) in [7, 11) is 0. The van der Waals surface area contributed by atoms with E-state index in [1.54, 1.807) is 12.1 Å². The summed E-state index contributed by atoms with van der Waals surface area (Å²) in [4.78, 5) is 23.1. The smallest absolute Gasteiger partial charge is 0.306 e. The number of phenolic OH excluding ortho intramolecular Hbond substituents is 1. The van der Waals surface area contributed by atoms with Gasteiger partial charge in [-0.1, -0.05) is 18.1 Å². The SMILES string of the molecule is Cc1ccc(O)c(C(=O)NCC2CCCC2C(=O)O)c1. The Kier molecular flexibility index (Phi) is 4.27. The van der Waals surface area contributed by atoms with Crippen LogP contribution >= 0.6 is 0 Å². The van der Waals surface area contributed by atoms with Gasteiger partial charge in [0.1, 0.15) is 5.75 Å². The number of phenols is 1. The highest BCUT2D eigenvalue weighted by Crippen LogP contribution is 2.31. The zero-order valence-electron chi connectivity index (χ0n) is 11.4. The second-order valence-corrected chi connectivity index (χ2v) is 5.37. The Morgan fingerprint density at radius 3 is 2.80 bits per heavy atom. The maximum Gasteiger partial charge on any atom is 0.306 e. The summed E-state index contributed by atoms with van der Waals surface area (Å²) in [5.74, 6) is -1.61. The van der Waals surface area contributed by atoms with Crippen LogP contribution in [0.25, 0.3) is 0 Å². The van der Waals surface area contributed by atoms with E-state index in [2.05, 4.69) is 5.32 Å². The molecule has 1 aliphatic carbocycles. The molecule has 0 heterocycles. The molecular weight excluding hydrogens is 258 g/mol. The van der Waals surface area contributed by atoms with Crippen molar-refractivity contribution in [3.8, 4) is 5.75 Å². The molecule has 0 spiro atoms. The molecule has 5 heteroatoms. The third-order valence-corrected chi connectivity index (χ3v) is 3.90. The molecular formula is C15H19NO4. The molecule has 108 valence electrons. The molecule has 1 saturated carbocycles. The Hall–Kier alpha value is -2.04. The predicted molar refractivity (Wildman–Crippen MR) is 73.6 cm³/mol. The summed E-state index contributed by atoms with van der Waals surface area (Å²) in [5, 5.41) is 21.5. The molecule has 0 aromatic heterocycles. The topological polar surface area (TPSA) is 86.6 Å². The van der Waals surface area contributed by atoms with Gasteiger partial charge in [0.05, 0.1) is 11.5 Å².